The van der Waals surface area contributed by atoms with Crippen molar-refractivity contribution in [3.8, 4) is 17.2 Å². The van der Waals surface area contributed by atoms with Gasteiger partial charge in [-0.15, -0.1) is 0 Å². The van der Waals surface area contributed by atoms with E-state index >= 15 is 0 Å². The Kier molecular flexibility index (Phi) is 5.69. The molecular weight excluding hydrogens is 432 g/mol. The van der Waals surface area contributed by atoms with E-state index in [4.69, 9.17) is 9.47 Å². The summed E-state index contributed by atoms with van der Waals surface area (Å²) in [5.74, 6) is 4.23. The summed E-state index contributed by atoms with van der Waals surface area (Å²) in [5.41, 5.74) is 3.08. The third kappa shape index (κ3) is 3.39. The molecule has 2 aromatic carbocycles. The molecule has 2 aliphatic heterocycles. The Bertz CT molecular complexity index is 1080. The molecule has 4 nitrogen and oxygen atoms in total. The minimum Gasteiger partial charge on any atom is -0.493 e. The van der Waals surface area contributed by atoms with Gasteiger partial charge in [0.05, 0.1) is 7.11 Å². The van der Waals surface area contributed by atoms with Crippen LogP contribution < -0.4 is 14.8 Å². The smallest absolute Gasteiger partial charge is 0.173 e. The maximum atomic E-state index is 6.80. The second kappa shape index (κ2) is 8.52. The number of piperidine rings is 1. The summed E-state index contributed by atoms with van der Waals surface area (Å²) in [4.78, 5) is 2.83. The van der Waals surface area contributed by atoms with Gasteiger partial charge in [-0.25, -0.2) is 0 Å². The van der Waals surface area contributed by atoms with E-state index in [1.165, 1.54) is 49.9 Å². The molecule has 0 amide bonds. The molecule has 0 bridgehead atoms. The molecule has 2 heterocycles. The molecule has 4 heteroatoms. The first kappa shape index (κ1) is 23.4. The lowest BCUT2D eigenvalue weighted by atomic mass is 9.51. The van der Waals surface area contributed by atoms with Crippen LogP contribution in [0.25, 0.3) is 0 Å². The quantitative estimate of drug-likeness (QED) is 0.520. The van der Waals surface area contributed by atoms with E-state index in [1.807, 2.05) is 6.07 Å². The van der Waals surface area contributed by atoms with Crippen LogP contribution in [0.4, 0.5) is 0 Å². The Labute approximate surface area is 211 Å². The number of rotatable bonds is 7. The van der Waals surface area contributed by atoms with Crippen LogP contribution in [-0.4, -0.2) is 43.2 Å². The van der Waals surface area contributed by atoms with Gasteiger partial charge in [-0.3, -0.25) is 4.90 Å². The number of hydrogen-bond acceptors (Lipinski definition) is 4. The third-order valence-electron chi connectivity index (χ3n) is 10.4. The van der Waals surface area contributed by atoms with E-state index in [-0.39, 0.29) is 10.8 Å². The minimum absolute atomic E-state index is 0.0613. The number of fused-ring (bicyclic) bond motifs is 3. The molecule has 0 spiro atoms. The van der Waals surface area contributed by atoms with Crippen molar-refractivity contribution in [2.24, 2.45) is 17.3 Å². The van der Waals surface area contributed by atoms with Crippen LogP contribution in [0.15, 0.2) is 42.5 Å². The van der Waals surface area contributed by atoms with Gasteiger partial charge in [0.2, 0.25) is 0 Å². The first-order valence-corrected chi connectivity index (χ1v) is 13.9. The first-order valence-electron chi connectivity index (χ1n) is 13.9. The van der Waals surface area contributed by atoms with Crippen LogP contribution in [0.1, 0.15) is 64.5 Å². The topological polar surface area (TPSA) is 33.7 Å². The zero-order valence-electron chi connectivity index (χ0n) is 22.1. The van der Waals surface area contributed by atoms with Gasteiger partial charge in [0.25, 0.3) is 0 Å². The zero-order chi connectivity index (χ0) is 24.4. The molecule has 2 saturated heterocycles. The van der Waals surface area contributed by atoms with Crippen LogP contribution in [0.2, 0.25) is 0 Å². The molecule has 6 rings (SSSR count). The fourth-order valence-corrected chi connectivity index (χ4v) is 8.38. The number of ether oxygens (including phenoxy) is 2. The van der Waals surface area contributed by atoms with E-state index < -0.39 is 0 Å². The van der Waals surface area contributed by atoms with Crippen LogP contribution in [0.3, 0.4) is 0 Å². The van der Waals surface area contributed by atoms with Crippen LogP contribution >= 0.6 is 0 Å². The van der Waals surface area contributed by atoms with Crippen molar-refractivity contribution in [3.05, 3.63) is 53.6 Å². The Hall–Kier alpha value is -2.04. The van der Waals surface area contributed by atoms with Crippen LogP contribution in [-0.2, 0) is 11.8 Å². The average Bonchev–Trinajstić information content (AvgIpc) is 3.65. The van der Waals surface area contributed by atoms with Crippen molar-refractivity contribution in [1.82, 2.24) is 10.2 Å². The van der Waals surface area contributed by atoms with Gasteiger partial charge in [-0.2, -0.15) is 0 Å². The number of methoxy groups -OCH3 is 1. The highest BCUT2D eigenvalue weighted by atomic mass is 16.5. The second-order valence-electron chi connectivity index (χ2n) is 11.9. The summed E-state index contributed by atoms with van der Waals surface area (Å²) in [5, 5.41) is 3.91. The summed E-state index contributed by atoms with van der Waals surface area (Å²) in [6.07, 6.45) is 6.26. The maximum absolute atomic E-state index is 6.80. The zero-order valence-corrected chi connectivity index (χ0v) is 22.1. The van der Waals surface area contributed by atoms with E-state index in [2.05, 4.69) is 74.3 Å². The van der Waals surface area contributed by atoms with Gasteiger partial charge in [0.15, 0.2) is 11.5 Å². The molecule has 188 valence electrons. The second-order valence-corrected chi connectivity index (χ2v) is 11.9. The molecular formula is C31H42N2O2. The number of benzene rings is 2. The van der Waals surface area contributed by atoms with Gasteiger partial charge in [-0.1, -0.05) is 38.1 Å². The lowest BCUT2D eigenvalue weighted by molar-refractivity contribution is -0.0453. The van der Waals surface area contributed by atoms with Crippen molar-refractivity contribution in [2.45, 2.75) is 83.3 Å². The Morgan fingerprint density at radius 2 is 1.86 bits per heavy atom. The molecule has 6 unspecified atom stereocenters. The fourth-order valence-electron chi connectivity index (χ4n) is 8.38. The number of hydrogen-bond donors (Lipinski definition) is 1. The molecule has 2 saturated carbocycles. The SMILES string of the molecule is CCc1ccc(OC)c(Oc2ccccc2)c1C12CCN(CC3CC3)C(C)C1(C)CC1NC(C)C12. The van der Waals surface area contributed by atoms with Crippen LogP contribution in [0, 0.1) is 17.3 Å². The average molecular weight is 475 g/mol. The van der Waals surface area contributed by atoms with Crippen molar-refractivity contribution in [1.29, 1.82) is 0 Å². The van der Waals surface area contributed by atoms with E-state index in [0.717, 1.165) is 29.6 Å². The monoisotopic (exact) mass is 474 g/mol. The first-order chi connectivity index (χ1) is 16.9. The van der Waals surface area contributed by atoms with E-state index in [1.54, 1.807) is 7.11 Å². The highest BCUT2D eigenvalue weighted by Gasteiger charge is 2.71. The number of aryl methyl sites for hydroxylation is 1. The predicted molar refractivity (Wildman–Crippen MR) is 142 cm³/mol. The van der Waals surface area contributed by atoms with Crippen molar-refractivity contribution >= 4 is 0 Å². The molecule has 6 atom stereocenters. The molecule has 35 heavy (non-hydrogen) atoms. The van der Waals surface area contributed by atoms with Crippen molar-refractivity contribution in [2.75, 3.05) is 20.2 Å². The molecule has 4 aliphatic rings. The molecule has 2 aliphatic carbocycles. The number of nitrogens with zero attached hydrogens (tertiary/aromatic N) is 1. The molecule has 4 fully saturated rings. The Morgan fingerprint density at radius 1 is 1.09 bits per heavy atom. The molecule has 1 N–H and O–H groups in total. The number of likely N-dealkylation sites (tertiary alicyclic amines) is 1. The summed E-state index contributed by atoms with van der Waals surface area (Å²) in [7, 11) is 1.78. The van der Waals surface area contributed by atoms with Gasteiger partial charge in [0, 0.05) is 35.6 Å². The normalized spacial score (nSPS) is 36.3. The molecule has 0 radical (unpaired) electrons. The van der Waals surface area contributed by atoms with Crippen molar-refractivity contribution < 1.29 is 9.47 Å². The summed E-state index contributed by atoms with van der Waals surface area (Å²) in [6, 6.07) is 16.3. The summed E-state index contributed by atoms with van der Waals surface area (Å²) < 4.78 is 12.8. The Balaban J connectivity index is 1.55. The van der Waals surface area contributed by atoms with E-state index in [0.29, 0.717) is 24.0 Å². The maximum Gasteiger partial charge on any atom is 0.173 e. The standard InChI is InChI=1S/C31H42N2O2/c1-6-23-14-15-26(34-5)29(35-24-10-8-7-9-11-24)28(23)31-16-17-33(19-22-12-13-22)21(3)30(31,4)18-25-27(31)20(2)32-25/h7-11,14-15,20-22,25,27,32H,6,12-13,16-19H2,1-5H3. The minimum atomic E-state index is 0.0613. The van der Waals surface area contributed by atoms with Gasteiger partial charge in [-0.05, 0) is 93.5 Å². The van der Waals surface area contributed by atoms with Crippen LogP contribution in [0.5, 0.6) is 17.2 Å². The number of para-hydroxylation sites is 1. The summed E-state index contributed by atoms with van der Waals surface area (Å²) >= 11 is 0. The highest BCUT2D eigenvalue weighted by molar-refractivity contribution is 5.59. The largest absolute Gasteiger partial charge is 0.493 e. The molecule has 0 aromatic heterocycles. The third-order valence-corrected chi connectivity index (χ3v) is 10.4. The Morgan fingerprint density at radius 3 is 2.51 bits per heavy atom. The number of nitrogens with one attached hydrogen (secondary N) is 1. The lowest BCUT2D eigenvalue weighted by Gasteiger charge is -2.60. The fraction of sp³-hybridized carbons (Fsp3) is 0.613. The van der Waals surface area contributed by atoms with E-state index in [9.17, 15) is 0 Å². The van der Waals surface area contributed by atoms with Gasteiger partial charge >= 0.3 is 0 Å². The lowest BCUT2D eigenvalue weighted by Crippen LogP contribution is -2.67. The van der Waals surface area contributed by atoms with Gasteiger partial charge in [0.1, 0.15) is 5.75 Å². The predicted octanol–water partition coefficient (Wildman–Crippen LogP) is 6.18. The molecule has 2 aromatic rings. The van der Waals surface area contributed by atoms with Crippen molar-refractivity contribution in [3.63, 3.8) is 0 Å². The summed E-state index contributed by atoms with van der Waals surface area (Å²) in [6.45, 7) is 12.3. The van der Waals surface area contributed by atoms with Gasteiger partial charge < -0.3 is 14.8 Å². The highest BCUT2D eigenvalue weighted by Crippen LogP contribution is 2.69.